The van der Waals surface area contributed by atoms with Gasteiger partial charge in [0.2, 0.25) is 0 Å². The van der Waals surface area contributed by atoms with Crippen LogP contribution in [0.1, 0.15) is 5.56 Å². The third-order valence-corrected chi connectivity index (χ3v) is 6.00. The van der Waals surface area contributed by atoms with Crippen LogP contribution in [-0.2, 0) is 6.61 Å². The van der Waals surface area contributed by atoms with Crippen molar-refractivity contribution < 1.29 is 13.5 Å². The van der Waals surface area contributed by atoms with E-state index in [1.54, 1.807) is 30.1 Å². The van der Waals surface area contributed by atoms with Gasteiger partial charge in [-0.15, -0.1) is 11.8 Å². The second kappa shape index (κ2) is 9.86. The van der Waals surface area contributed by atoms with E-state index in [1.165, 1.54) is 6.07 Å². The van der Waals surface area contributed by atoms with Crippen LogP contribution in [0.15, 0.2) is 71.8 Å². The van der Waals surface area contributed by atoms with E-state index >= 15 is 0 Å². The van der Waals surface area contributed by atoms with Gasteiger partial charge in [0, 0.05) is 27.2 Å². The Morgan fingerprint density at radius 1 is 0.906 bits per heavy atom. The first-order valence-corrected chi connectivity index (χ1v) is 11.5. The first kappa shape index (κ1) is 22.5. The molecule has 0 aliphatic heterocycles. The fourth-order valence-corrected chi connectivity index (χ4v) is 3.97. The van der Waals surface area contributed by atoms with Crippen molar-refractivity contribution in [2.75, 3.05) is 6.26 Å². The average molecular weight is 489 g/mol. The van der Waals surface area contributed by atoms with Crippen LogP contribution in [0, 0.1) is 11.6 Å². The number of benzene rings is 3. The summed E-state index contributed by atoms with van der Waals surface area (Å²) in [6, 6.07) is 16.7. The molecule has 3 nitrogen and oxygen atoms in total. The lowest BCUT2D eigenvalue weighted by Crippen LogP contribution is -2.02. The third-order valence-electron chi connectivity index (χ3n) is 4.71. The number of aromatic nitrogens is 2. The van der Waals surface area contributed by atoms with Gasteiger partial charge in [-0.05, 0) is 53.8 Å². The van der Waals surface area contributed by atoms with E-state index in [0.717, 1.165) is 33.7 Å². The van der Waals surface area contributed by atoms with Crippen LogP contribution in [0.5, 0.6) is 6.01 Å². The largest absolute Gasteiger partial charge is 0.459 e. The summed E-state index contributed by atoms with van der Waals surface area (Å²) in [5.74, 6) is -1.85. The highest BCUT2D eigenvalue weighted by atomic mass is 35.5. The summed E-state index contributed by atoms with van der Waals surface area (Å²) in [6.45, 7) is -0.0178. The second-order valence-corrected chi connectivity index (χ2v) is 8.53. The van der Waals surface area contributed by atoms with Gasteiger partial charge >= 0.3 is 6.01 Å². The molecule has 32 heavy (non-hydrogen) atoms. The van der Waals surface area contributed by atoms with Crippen molar-refractivity contribution in [3.05, 3.63) is 94.1 Å². The number of nitrogens with zero attached hydrogens (tertiary/aromatic N) is 2. The predicted octanol–water partition coefficient (Wildman–Crippen LogP) is 7.70. The summed E-state index contributed by atoms with van der Waals surface area (Å²) in [5.41, 5.74) is 3.37. The molecule has 0 atom stereocenters. The zero-order valence-corrected chi connectivity index (χ0v) is 19.1. The minimum atomic E-state index is -0.938. The molecule has 4 aromatic rings. The molecular weight excluding hydrogens is 473 g/mol. The molecule has 0 fully saturated rings. The molecule has 0 unspecified atom stereocenters. The molecule has 0 saturated carbocycles. The highest BCUT2D eigenvalue weighted by Crippen LogP contribution is 2.37. The Balaban J connectivity index is 1.73. The summed E-state index contributed by atoms with van der Waals surface area (Å²) in [6.07, 6.45) is 3.62. The van der Waals surface area contributed by atoms with Crippen LogP contribution in [0.2, 0.25) is 10.0 Å². The second-order valence-electron chi connectivity index (χ2n) is 6.80. The number of hydrogen-bond donors (Lipinski definition) is 0. The molecule has 1 aromatic heterocycles. The Hall–Kier alpha value is -2.67. The molecule has 0 aliphatic rings. The Morgan fingerprint density at radius 2 is 1.69 bits per heavy atom. The first-order valence-electron chi connectivity index (χ1n) is 9.48. The third kappa shape index (κ3) is 5.04. The fourth-order valence-electron chi connectivity index (χ4n) is 3.07. The SMILES string of the molecule is CSc1ccc(-c2nc(OCc3ccc(F)c(F)c3)ncc2-c2ccc(Cl)cc2)c(Cl)c1. The summed E-state index contributed by atoms with van der Waals surface area (Å²) < 4.78 is 32.3. The average Bonchev–Trinajstić information content (AvgIpc) is 2.80. The van der Waals surface area contributed by atoms with Gasteiger partial charge in [0.1, 0.15) is 6.61 Å². The number of rotatable bonds is 6. The normalized spacial score (nSPS) is 10.9. The van der Waals surface area contributed by atoms with E-state index in [4.69, 9.17) is 27.9 Å². The van der Waals surface area contributed by atoms with Gasteiger partial charge in [0.25, 0.3) is 0 Å². The molecule has 0 spiro atoms. The maximum atomic E-state index is 13.5. The molecule has 1 heterocycles. The summed E-state index contributed by atoms with van der Waals surface area (Å²) in [7, 11) is 0. The molecule has 162 valence electrons. The van der Waals surface area contributed by atoms with Gasteiger partial charge in [0.15, 0.2) is 11.6 Å². The monoisotopic (exact) mass is 488 g/mol. The predicted molar refractivity (Wildman–Crippen MR) is 125 cm³/mol. The zero-order chi connectivity index (χ0) is 22.7. The lowest BCUT2D eigenvalue weighted by molar-refractivity contribution is 0.280. The van der Waals surface area contributed by atoms with Crippen molar-refractivity contribution in [3.63, 3.8) is 0 Å². The van der Waals surface area contributed by atoms with E-state index in [2.05, 4.69) is 9.97 Å². The minimum Gasteiger partial charge on any atom is -0.459 e. The van der Waals surface area contributed by atoms with Crippen LogP contribution >= 0.6 is 35.0 Å². The molecule has 0 aliphatic carbocycles. The van der Waals surface area contributed by atoms with Crippen LogP contribution in [-0.4, -0.2) is 16.2 Å². The van der Waals surface area contributed by atoms with E-state index in [0.29, 0.717) is 21.3 Å². The van der Waals surface area contributed by atoms with Crippen LogP contribution in [0.3, 0.4) is 0 Å². The highest BCUT2D eigenvalue weighted by molar-refractivity contribution is 7.98. The Bertz CT molecular complexity index is 1270. The van der Waals surface area contributed by atoms with Crippen LogP contribution in [0.4, 0.5) is 8.78 Å². The van der Waals surface area contributed by atoms with Crippen molar-refractivity contribution in [3.8, 4) is 28.4 Å². The number of halogens is 4. The molecule has 0 bridgehead atoms. The minimum absolute atomic E-state index is 0.0178. The zero-order valence-electron chi connectivity index (χ0n) is 16.8. The van der Waals surface area contributed by atoms with E-state index < -0.39 is 11.6 Å². The Labute approximate surface area is 198 Å². The van der Waals surface area contributed by atoms with Crippen molar-refractivity contribution in [1.82, 2.24) is 9.97 Å². The fraction of sp³-hybridized carbons (Fsp3) is 0.0833. The van der Waals surface area contributed by atoms with Gasteiger partial charge in [0.05, 0.1) is 10.7 Å². The van der Waals surface area contributed by atoms with Gasteiger partial charge in [-0.25, -0.2) is 13.8 Å². The van der Waals surface area contributed by atoms with Gasteiger partial charge in [-0.1, -0.05) is 47.5 Å². The Kier molecular flexibility index (Phi) is 6.94. The molecule has 4 rings (SSSR count). The van der Waals surface area contributed by atoms with Gasteiger partial charge in [-0.3, -0.25) is 0 Å². The highest BCUT2D eigenvalue weighted by Gasteiger charge is 2.16. The lowest BCUT2D eigenvalue weighted by atomic mass is 10.0. The van der Waals surface area contributed by atoms with Crippen LogP contribution < -0.4 is 4.74 Å². The Morgan fingerprint density at radius 3 is 2.38 bits per heavy atom. The summed E-state index contributed by atoms with van der Waals surface area (Å²) >= 11 is 14.2. The van der Waals surface area contributed by atoms with E-state index in [1.807, 2.05) is 36.6 Å². The first-order chi connectivity index (χ1) is 15.4. The van der Waals surface area contributed by atoms with Crippen molar-refractivity contribution in [2.45, 2.75) is 11.5 Å². The summed E-state index contributed by atoms with van der Waals surface area (Å²) in [5, 5.41) is 1.15. The van der Waals surface area contributed by atoms with Crippen LogP contribution in [0.25, 0.3) is 22.4 Å². The van der Waals surface area contributed by atoms with Gasteiger partial charge in [-0.2, -0.15) is 4.98 Å². The molecular formula is C24H16Cl2F2N2OS. The molecule has 0 radical (unpaired) electrons. The van der Waals surface area contributed by atoms with Gasteiger partial charge < -0.3 is 4.74 Å². The topological polar surface area (TPSA) is 35.0 Å². The number of ether oxygens (including phenoxy) is 1. The number of hydrogen-bond acceptors (Lipinski definition) is 4. The standard InChI is InChI=1S/C24H16Cl2F2N2OS/c1-32-17-7-8-18(20(26)11-17)23-19(15-3-5-16(25)6-4-15)12-29-24(30-23)31-13-14-2-9-21(27)22(28)10-14/h2-12H,13H2,1H3. The molecule has 8 heteroatoms. The lowest BCUT2D eigenvalue weighted by Gasteiger charge is -2.13. The molecule has 0 amide bonds. The van der Waals surface area contributed by atoms with Crippen molar-refractivity contribution >= 4 is 35.0 Å². The number of thioether (sulfide) groups is 1. The van der Waals surface area contributed by atoms with E-state index in [-0.39, 0.29) is 12.6 Å². The maximum Gasteiger partial charge on any atom is 0.317 e. The summed E-state index contributed by atoms with van der Waals surface area (Å²) in [4.78, 5) is 9.91. The van der Waals surface area contributed by atoms with E-state index in [9.17, 15) is 8.78 Å². The smallest absolute Gasteiger partial charge is 0.317 e. The quantitative estimate of drug-likeness (QED) is 0.260. The maximum absolute atomic E-state index is 13.5. The van der Waals surface area contributed by atoms with Crippen molar-refractivity contribution in [1.29, 1.82) is 0 Å². The molecule has 3 aromatic carbocycles. The van der Waals surface area contributed by atoms with Crippen molar-refractivity contribution in [2.24, 2.45) is 0 Å². The molecule has 0 saturated heterocycles. The molecule has 0 N–H and O–H groups in total.